The van der Waals surface area contributed by atoms with Crippen LogP contribution in [-0.4, -0.2) is 17.2 Å². The van der Waals surface area contributed by atoms with Crippen molar-refractivity contribution in [2.45, 2.75) is 44.7 Å². The van der Waals surface area contributed by atoms with Crippen LogP contribution in [0.4, 0.5) is 0 Å². The highest BCUT2D eigenvalue weighted by atomic mass is 79.9. The van der Waals surface area contributed by atoms with Gasteiger partial charge in [-0.2, -0.15) is 0 Å². The maximum Gasteiger partial charge on any atom is 0.0481 e. The highest BCUT2D eigenvalue weighted by molar-refractivity contribution is 9.10. The molecule has 0 amide bonds. The lowest BCUT2D eigenvalue weighted by Gasteiger charge is -2.23. The van der Waals surface area contributed by atoms with Gasteiger partial charge in [-0.05, 0) is 37.1 Å². The van der Waals surface area contributed by atoms with E-state index in [0.29, 0.717) is 0 Å². The van der Waals surface area contributed by atoms with Gasteiger partial charge in [0, 0.05) is 40.7 Å². The average molecular weight is 321 g/mol. The number of hydrogen-bond donors (Lipinski definition) is 1. The molecule has 1 saturated carbocycles. The summed E-state index contributed by atoms with van der Waals surface area (Å²) in [4.78, 5) is 0. The fraction of sp³-hybridized carbons (Fsp3) is 0.500. The van der Waals surface area contributed by atoms with Gasteiger partial charge in [0.2, 0.25) is 0 Å². The Bertz CT molecular complexity index is 541. The third-order valence-electron chi connectivity index (χ3n) is 4.12. The predicted molar refractivity (Wildman–Crippen MR) is 84.5 cm³/mol. The van der Waals surface area contributed by atoms with Gasteiger partial charge in [-0.1, -0.05) is 35.2 Å². The van der Waals surface area contributed by atoms with Gasteiger partial charge < -0.3 is 9.88 Å². The highest BCUT2D eigenvalue weighted by Gasteiger charge is 2.12. The van der Waals surface area contributed by atoms with Gasteiger partial charge in [-0.15, -0.1) is 0 Å². The molecule has 1 aromatic carbocycles. The van der Waals surface area contributed by atoms with Crippen molar-refractivity contribution in [2.75, 3.05) is 6.54 Å². The zero-order valence-electron chi connectivity index (χ0n) is 11.2. The second-order valence-electron chi connectivity index (χ2n) is 5.50. The number of fused-ring (bicyclic) bond motifs is 1. The molecule has 0 atom stereocenters. The lowest BCUT2D eigenvalue weighted by molar-refractivity contribution is 0.369. The first kappa shape index (κ1) is 13.2. The predicted octanol–water partition coefficient (Wildman–Crippen LogP) is 4.33. The number of aromatic nitrogens is 1. The second-order valence-corrected chi connectivity index (χ2v) is 6.42. The molecule has 0 saturated heterocycles. The topological polar surface area (TPSA) is 17.0 Å². The van der Waals surface area contributed by atoms with Crippen molar-refractivity contribution in [3.63, 3.8) is 0 Å². The molecule has 3 heteroatoms. The van der Waals surface area contributed by atoms with E-state index in [2.05, 4.69) is 56.3 Å². The summed E-state index contributed by atoms with van der Waals surface area (Å²) < 4.78 is 3.50. The van der Waals surface area contributed by atoms with E-state index < -0.39 is 0 Å². The van der Waals surface area contributed by atoms with Crippen molar-refractivity contribution in [1.82, 2.24) is 9.88 Å². The second kappa shape index (κ2) is 6.10. The Morgan fingerprint density at radius 3 is 2.84 bits per heavy atom. The monoisotopic (exact) mass is 320 g/mol. The minimum absolute atomic E-state index is 0.754. The molecule has 102 valence electrons. The van der Waals surface area contributed by atoms with E-state index in [0.717, 1.165) is 23.6 Å². The molecule has 2 nitrogen and oxygen atoms in total. The van der Waals surface area contributed by atoms with E-state index in [9.17, 15) is 0 Å². The van der Waals surface area contributed by atoms with Crippen molar-refractivity contribution >= 4 is 26.8 Å². The smallest absolute Gasteiger partial charge is 0.0481 e. The molecular formula is C16H21BrN2. The van der Waals surface area contributed by atoms with Gasteiger partial charge in [0.1, 0.15) is 0 Å². The van der Waals surface area contributed by atoms with Crippen molar-refractivity contribution in [2.24, 2.45) is 0 Å². The molecule has 2 aromatic rings. The number of nitrogens with one attached hydrogen (secondary N) is 1. The molecule has 0 bridgehead atoms. The van der Waals surface area contributed by atoms with Crippen LogP contribution in [0.15, 0.2) is 34.9 Å². The zero-order valence-corrected chi connectivity index (χ0v) is 12.8. The summed E-state index contributed by atoms with van der Waals surface area (Å²) in [6, 6.07) is 9.44. The number of rotatable bonds is 4. The summed E-state index contributed by atoms with van der Waals surface area (Å²) in [5, 5.41) is 5.02. The minimum Gasteiger partial charge on any atom is -0.346 e. The van der Waals surface area contributed by atoms with Crippen LogP contribution in [0.1, 0.15) is 32.1 Å². The van der Waals surface area contributed by atoms with Crippen LogP contribution in [0.25, 0.3) is 10.9 Å². The maximum atomic E-state index is 3.71. The maximum absolute atomic E-state index is 3.71. The molecule has 0 spiro atoms. The third kappa shape index (κ3) is 3.21. The molecule has 0 unspecified atom stereocenters. The van der Waals surface area contributed by atoms with E-state index in [1.807, 2.05) is 0 Å². The molecule has 0 aliphatic heterocycles. The van der Waals surface area contributed by atoms with E-state index in [1.165, 1.54) is 43.0 Å². The van der Waals surface area contributed by atoms with Crippen molar-refractivity contribution < 1.29 is 0 Å². The van der Waals surface area contributed by atoms with Gasteiger partial charge in [-0.3, -0.25) is 0 Å². The van der Waals surface area contributed by atoms with Crippen molar-refractivity contribution in [1.29, 1.82) is 0 Å². The summed E-state index contributed by atoms with van der Waals surface area (Å²) in [6.07, 6.45) is 9.14. The first-order chi connectivity index (χ1) is 9.33. The Balaban J connectivity index is 1.59. The number of halogens is 1. The molecule has 1 fully saturated rings. The highest BCUT2D eigenvalue weighted by Crippen LogP contribution is 2.21. The van der Waals surface area contributed by atoms with Crippen LogP contribution in [0.2, 0.25) is 0 Å². The SMILES string of the molecule is Brc1ccc2c(ccn2CCNC2CCCCC2)c1. The van der Waals surface area contributed by atoms with Crippen LogP contribution in [0.3, 0.4) is 0 Å². The molecule has 1 aliphatic carbocycles. The van der Waals surface area contributed by atoms with E-state index in [-0.39, 0.29) is 0 Å². The molecule has 1 N–H and O–H groups in total. The van der Waals surface area contributed by atoms with Crippen LogP contribution < -0.4 is 5.32 Å². The van der Waals surface area contributed by atoms with Gasteiger partial charge >= 0.3 is 0 Å². The largest absolute Gasteiger partial charge is 0.346 e. The van der Waals surface area contributed by atoms with E-state index in [1.54, 1.807) is 0 Å². The number of nitrogens with zero attached hydrogens (tertiary/aromatic N) is 1. The van der Waals surface area contributed by atoms with Gasteiger partial charge in [0.15, 0.2) is 0 Å². The third-order valence-corrected chi connectivity index (χ3v) is 4.62. The van der Waals surface area contributed by atoms with Crippen LogP contribution in [-0.2, 0) is 6.54 Å². The lowest BCUT2D eigenvalue weighted by Crippen LogP contribution is -2.33. The van der Waals surface area contributed by atoms with Crippen molar-refractivity contribution in [3.05, 3.63) is 34.9 Å². The Kier molecular flexibility index (Phi) is 4.24. The molecule has 3 rings (SSSR count). The summed E-state index contributed by atoms with van der Waals surface area (Å²) in [7, 11) is 0. The summed E-state index contributed by atoms with van der Waals surface area (Å²) >= 11 is 3.52. The van der Waals surface area contributed by atoms with Crippen LogP contribution in [0.5, 0.6) is 0 Å². The molecule has 1 aliphatic rings. The average Bonchev–Trinajstić information content (AvgIpc) is 2.82. The molecule has 1 aromatic heterocycles. The Morgan fingerprint density at radius 1 is 1.16 bits per heavy atom. The quantitative estimate of drug-likeness (QED) is 0.887. The summed E-state index contributed by atoms with van der Waals surface area (Å²) in [5.74, 6) is 0. The first-order valence-corrected chi connectivity index (χ1v) is 8.10. The molecular weight excluding hydrogens is 300 g/mol. The standard InChI is InChI=1S/C16H21BrN2/c17-14-6-7-16-13(12-14)8-10-19(16)11-9-18-15-4-2-1-3-5-15/h6-8,10,12,15,18H,1-5,9,11H2. The Morgan fingerprint density at radius 2 is 2.00 bits per heavy atom. The van der Waals surface area contributed by atoms with Crippen LogP contribution >= 0.6 is 15.9 Å². The van der Waals surface area contributed by atoms with Gasteiger partial charge in [-0.25, -0.2) is 0 Å². The lowest BCUT2D eigenvalue weighted by atomic mass is 9.95. The molecule has 1 heterocycles. The molecule has 19 heavy (non-hydrogen) atoms. The minimum atomic E-state index is 0.754. The van der Waals surface area contributed by atoms with Gasteiger partial charge in [0.25, 0.3) is 0 Å². The van der Waals surface area contributed by atoms with E-state index >= 15 is 0 Å². The Labute approximate surface area is 123 Å². The van der Waals surface area contributed by atoms with E-state index in [4.69, 9.17) is 0 Å². The summed E-state index contributed by atoms with van der Waals surface area (Å²) in [5.41, 5.74) is 1.33. The molecule has 0 radical (unpaired) electrons. The zero-order chi connectivity index (χ0) is 13.1. The fourth-order valence-corrected chi connectivity index (χ4v) is 3.44. The van der Waals surface area contributed by atoms with Gasteiger partial charge in [0.05, 0.1) is 0 Å². The fourth-order valence-electron chi connectivity index (χ4n) is 3.06. The summed E-state index contributed by atoms with van der Waals surface area (Å²) in [6.45, 7) is 2.13. The normalized spacial score (nSPS) is 17.1. The number of benzene rings is 1. The van der Waals surface area contributed by atoms with Crippen molar-refractivity contribution in [3.8, 4) is 0 Å². The van der Waals surface area contributed by atoms with Crippen LogP contribution in [0, 0.1) is 0 Å². The first-order valence-electron chi connectivity index (χ1n) is 7.31. The Hall–Kier alpha value is -0.800. The number of hydrogen-bond acceptors (Lipinski definition) is 1.